The van der Waals surface area contributed by atoms with Gasteiger partial charge in [0.1, 0.15) is 22.0 Å². The van der Waals surface area contributed by atoms with Gasteiger partial charge in [-0.1, -0.05) is 0 Å². The minimum absolute atomic E-state index is 0.0795. The Morgan fingerprint density at radius 2 is 2.00 bits per heavy atom. The summed E-state index contributed by atoms with van der Waals surface area (Å²) in [5.41, 5.74) is 6.61. The molecule has 0 aliphatic carbocycles. The van der Waals surface area contributed by atoms with Crippen LogP contribution in [0.25, 0.3) is 10.2 Å². The third-order valence-electron chi connectivity index (χ3n) is 5.93. The highest BCUT2D eigenvalue weighted by Crippen LogP contribution is 2.39. The summed E-state index contributed by atoms with van der Waals surface area (Å²) in [5, 5.41) is 6.51. The van der Waals surface area contributed by atoms with Crippen LogP contribution in [0.15, 0.2) is 12.1 Å². The molecule has 1 amide bonds. The molecule has 0 unspecified atom stereocenters. The van der Waals surface area contributed by atoms with E-state index in [2.05, 4.69) is 15.6 Å². The van der Waals surface area contributed by atoms with Gasteiger partial charge in [0.25, 0.3) is 5.91 Å². The Balaban J connectivity index is 1.39. The Bertz CT molecular complexity index is 1260. The van der Waals surface area contributed by atoms with Crippen LogP contribution in [0.5, 0.6) is 5.75 Å². The van der Waals surface area contributed by atoms with Gasteiger partial charge in [-0.3, -0.25) is 4.79 Å². The predicted molar refractivity (Wildman–Crippen MR) is 121 cm³/mol. The van der Waals surface area contributed by atoms with Gasteiger partial charge < -0.3 is 26.0 Å². The van der Waals surface area contributed by atoms with Crippen LogP contribution in [0, 0.1) is 24.4 Å². The number of pyridine rings is 1. The topological polar surface area (TPSA) is 92.5 Å². The maximum Gasteiger partial charge on any atom is 0.263 e. The molecule has 3 aromatic rings. The van der Waals surface area contributed by atoms with Crippen LogP contribution < -0.4 is 26.0 Å². The molecule has 5 rings (SSSR count). The number of aryl methyl sites for hydroxylation is 1. The van der Waals surface area contributed by atoms with E-state index in [1.54, 1.807) is 12.1 Å². The number of hydrogen-bond acceptors (Lipinski definition) is 7. The number of ether oxygens (including phenoxy) is 1. The number of nitrogen functional groups attached to an aromatic ring is 1. The van der Waals surface area contributed by atoms with Crippen molar-refractivity contribution in [3.05, 3.63) is 45.7 Å². The minimum Gasteiger partial charge on any atom is -0.488 e. The van der Waals surface area contributed by atoms with Crippen molar-refractivity contribution in [3.63, 3.8) is 0 Å². The van der Waals surface area contributed by atoms with Gasteiger partial charge in [0.05, 0.1) is 11.7 Å². The third-order valence-corrected chi connectivity index (χ3v) is 7.05. The molecule has 1 fully saturated rings. The fourth-order valence-corrected chi connectivity index (χ4v) is 5.30. The van der Waals surface area contributed by atoms with Crippen LogP contribution in [-0.2, 0) is 6.42 Å². The monoisotopic (exact) mass is 477 g/mol. The van der Waals surface area contributed by atoms with Gasteiger partial charge in [-0.15, -0.1) is 11.3 Å². The molecule has 11 heteroatoms. The van der Waals surface area contributed by atoms with E-state index in [0.29, 0.717) is 42.1 Å². The summed E-state index contributed by atoms with van der Waals surface area (Å²) in [7, 11) is 0. The summed E-state index contributed by atoms with van der Waals surface area (Å²) in [5.74, 6) is -4.07. The van der Waals surface area contributed by atoms with Crippen molar-refractivity contribution >= 4 is 38.8 Å². The van der Waals surface area contributed by atoms with Crippen LogP contribution in [0.2, 0.25) is 0 Å². The molecule has 33 heavy (non-hydrogen) atoms. The molecule has 1 aromatic carbocycles. The van der Waals surface area contributed by atoms with Crippen molar-refractivity contribution in [2.45, 2.75) is 19.4 Å². The smallest absolute Gasteiger partial charge is 0.263 e. The molecular formula is C22H22F3N5O2S. The summed E-state index contributed by atoms with van der Waals surface area (Å²) in [6.45, 7) is 3.56. The van der Waals surface area contributed by atoms with Crippen LogP contribution in [0.3, 0.4) is 0 Å². The molecule has 2 aromatic heterocycles. The van der Waals surface area contributed by atoms with Crippen LogP contribution in [-0.4, -0.2) is 49.7 Å². The average molecular weight is 478 g/mol. The van der Waals surface area contributed by atoms with Gasteiger partial charge in [0, 0.05) is 49.2 Å². The average Bonchev–Trinajstić information content (AvgIpc) is 3.14. The zero-order valence-electron chi connectivity index (χ0n) is 17.8. The lowest BCUT2D eigenvalue weighted by Crippen LogP contribution is -2.45. The Morgan fingerprint density at radius 1 is 1.24 bits per heavy atom. The number of piperazine rings is 1. The molecular weight excluding hydrogens is 455 g/mol. The number of rotatable bonds is 3. The van der Waals surface area contributed by atoms with E-state index >= 15 is 4.39 Å². The van der Waals surface area contributed by atoms with Gasteiger partial charge in [0.2, 0.25) is 0 Å². The quantitative estimate of drug-likeness (QED) is 0.503. The first-order chi connectivity index (χ1) is 15.8. The van der Waals surface area contributed by atoms with Crippen molar-refractivity contribution in [3.8, 4) is 5.75 Å². The summed E-state index contributed by atoms with van der Waals surface area (Å²) < 4.78 is 50.4. The zero-order chi connectivity index (χ0) is 23.3. The first-order valence-corrected chi connectivity index (χ1v) is 11.4. The number of nitrogens with two attached hydrogens (primary N) is 1. The lowest BCUT2D eigenvalue weighted by molar-refractivity contribution is 0.0918. The second kappa shape index (κ2) is 8.38. The number of thiophene rings is 1. The number of nitrogens with one attached hydrogen (secondary N) is 2. The Kier molecular flexibility index (Phi) is 5.53. The van der Waals surface area contributed by atoms with Crippen LogP contribution in [0.1, 0.15) is 20.9 Å². The highest BCUT2D eigenvalue weighted by atomic mass is 32.1. The van der Waals surface area contributed by atoms with E-state index in [1.807, 2.05) is 6.92 Å². The molecule has 0 spiro atoms. The van der Waals surface area contributed by atoms with Crippen LogP contribution in [0.4, 0.5) is 24.5 Å². The Hall–Kier alpha value is -3.05. The van der Waals surface area contributed by atoms with Crippen molar-refractivity contribution in [1.29, 1.82) is 0 Å². The third kappa shape index (κ3) is 3.74. The number of aromatic nitrogens is 1. The number of hydrogen-bond donors (Lipinski definition) is 3. The van der Waals surface area contributed by atoms with E-state index in [9.17, 15) is 13.6 Å². The SMILES string of the molecule is Cc1ccc2c(N)c(C(=O)N[C@H]3COc4c(F)c(N5CCNCC5)c(F)c(F)c4C3)sc2n1. The number of anilines is 2. The predicted octanol–water partition coefficient (Wildman–Crippen LogP) is 2.75. The van der Waals surface area contributed by atoms with Gasteiger partial charge in [-0.25, -0.2) is 18.2 Å². The van der Waals surface area contributed by atoms with Crippen molar-refractivity contribution in [2.24, 2.45) is 0 Å². The van der Waals surface area contributed by atoms with E-state index in [-0.39, 0.29) is 29.2 Å². The number of halogens is 3. The first-order valence-electron chi connectivity index (χ1n) is 10.6. The number of carbonyl (C=O) groups is 1. The lowest BCUT2D eigenvalue weighted by atomic mass is 9.99. The second-order valence-electron chi connectivity index (χ2n) is 8.17. The second-order valence-corrected chi connectivity index (χ2v) is 9.17. The molecule has 4 heterocycles. The first kappa shape index (κ1) is 21.8. The molecule has 0 radical (unpaired) electrons. The molecule has 7 nitrogen and oxygen atoms in total. The molecule has 1 atom stereocenters. The number of amides is 1. The highest BCUT2D eigenvalue weighted by Gasteiger charge is 2.34. The van der Waals surface area contributed by atoms with Gasteiger partial charge >= 0.3 is 0 Å². The van der Waals surface area contributed by atoms with E-state index in [0.717, 1.165) is 17.0 Å². The van der Waals surface area contributed by atoms with Gasteiger partial charge in [0.15, 0.2) is 23.2 Å². The largest absolute Gasteiger partial charge is 0.488 e. The van der Waals surface area contributed by atoms with Gasteiger partial charge in [-0.2, -0.15) is 0 Å². The van der Waals surface area contributed by atoms with Crippen molar-refractivity contribution in [2.75, 3.05) is 43.4 Å². The highest BCUT2D eigenvalue weighted by molar-refractivity contribution is 7.21. The number of benzene rings is 1. The number of fused-ring (bicyclic) bond motifs is 2. The minimum atomic E-state index is -1.24. The summed E-state index contributed by atoms with van der Waals surface area (Å²) in [6, 6.07) is 2.93. The van der Waals surface area contributed by atoms with E-state index in [1.165, 1.54) is 4.90 Å². The fourth-order valence-electron chi connectivity index (χ4n) is 4.26. The maximum absolute atomic E-state index is 15.1. The van der Waals surface area contributed by atoms with Crippen molar-refractivity contribution in [1.82, 2.24) is 15.6 Å². The van der Waals surface area contributed by atoms with Crippen molar-refractivity contribution < 1.29 is 22.7 Å². The van der Waals surface area contributed by atoms with E-state index in [4.69, 9.17) is 10.5 Å². The van der Waals surface area contributed by atoms with Crippen LogP contribution >= 0.6 is 11.3 Å². The summed E-state index contributed by atoms with van der Waals surface area (Å²) in [6.07, 6.45) is -0.106. The molecule has 0 saturated carbocycles. The maximum atomic E-state index is 15.1. The number of carbonyl (C=O) groups excluding carboxylic acids is 1. The molecule has 1 saturated heterocycles. The molecule has 2 aliphatic rings. The number of nitrogens with zero attached hydrogens (tertiary/aromatic N) is 2. The van der Waals surface area contributed by atoms with E-state index < -0.39 is 35.1 Å². The summed E-state index contributed by atoms with van der Waals surface area (Å²) >= 11 is 1.15. The molecule has 2 aliphatic heterocycles. The fraction of sp³-hybridized carbons (Fsp3) is 0.364. The molecule has 174 valence electrons. The Morgan fingerprint density at radius 3 is 2.76 bits per heavy atom. The van der Waals surface area contributed by atoms with Gasteiger partial charge in [-0.05, 0) is 19.1 Å². The Labute approximate surface area is 191 Å². The normalized spacial score (nSPS) is 18.2. The molecule has 0 bridgehead atoms. The summed E-state index contributed by atoms with van der Waals surface area (Å²) in [4.78, 5) is 19.6. The standard InChI is InChI=1S/C22H22F3N5O2S/c1-10-2-3-12-17(26)20(33-22(12)28-10)21(31)29-11-8-13-14(23)15(24)18(16(25)19(13)32-9-11)30-6-4-27-5-7-30/h2-3,11,27H,4-9,26H2,1H3,(H,29,31)/t11-/m1/s1. The lowest BCUT2D eigenvalue weighted by Gasteiger charge is -2.33. The zero-order valence-corrected chi connectivity index (χ0v) is 18.6. The molecule has 4 N–H and O–H groups in total.